The van der Waals surface area contributed by atoms with E-state index in [1.165, 1.54) is 13.5 Å². The molecule has 0 rings (SSSR count). The third-order valence-corrected chi connectivity index (χ3v) is 2.00. The van der Waals surface area contributed by atoms with Crippen LogP contribution in [0.25, 0.3) is 0 Å². The Morgan fingerprint density at radius 1 is 1.29 bits per heavy atom. The molecule has 0 aromatic rings. The molecule has 0 fully saturated rings. The minimum absolute atomic E-state index is 0.0947. The Bertz CT molecular complexity index is 171. The van der Waals surface area contributed by atoms with Crippen LogP contribution in [0.4, 0.5) is 0 Å². The lowest BCUT2D eigenvalue weighted by molar-refractivity contribution is -0.140. The summed E-state index contributed by atoms with van der Waals surface area (Å²) >= 11 is 0. The predicted molar refractivity (Wildman–Crippen MR) is 59.1 cm³/mol. The summed E-state index contributed by atoms with van der Waals surface area (Å²) in [5.41, 5.74) is 0. The summed E-state index contributed by atoms with van der Waals surface area (Å²) in [5.74, 6) is 0.549. The first kappa shape index (κ1) is 13.2. The van der Waals surface area contributed by atoms with Gasteiger partial charge in [0.2, 0.25) is 0 Å². The van der Waals surface area contributed by atoms with Gasteiger partial charge in [0.05, 0.1) is 7.11 Å². The van der Waals surface area contributed by atoms with Crippen molar-refractivity contribution in [2.75, 3.05) is 7.11 Å². The van der Waals surface area contributed by atoms with Crippen molar-refractivity contribution < 1.29 is 9.53 Å². The molecule has 0 unspecified atom stereocenters. The highest BCUT2D eigenvalue weighted by Gasteiger charge is 1.97. The molecule has 0 amide bonds. The van der Waals surface area contributed by atoms with Crippen LogP contribution in [0.15, 0.2) is 12.2 Å². The van der Waals surface area contributed by atoms with E-state index in [0.717, 1.165) is 19.3 Å². The standard InChI is InChI=1S/C12H22O2/c1-11(2)9-7-5-4-6-8-10-12(13)14-3/h7,9,11H,4-6,8,10H2,1-3H3. The first-order chi connectivity index (χ1) is 6.66. The number of allylic oxidation sites excluding steroid dienone is 2. The van der Waals surface area contributed by atoms with Crippen molar-refractivity contribution in [1.82, 2.24) is 0 Å². The maximum atomic E-state index is 10.8. The topological polar surface area (TPSA) is 26.3 Å². The van der Waals surface area contributed by atoms with E-state index < -0.39 is 0 Å². The lowest BCUT2D eigenvalue weighted by atomic mass is 10.1. The van der Waals surface area contributed by atoms with Gasteiger partial charge in [0.15, 0.2) is 0 Å². The number of esters is 1. The third kappa shape index (κ3) is 9.30. The molecule has 0 aliphatic heterocycles. The van der Waals surface area contributed by atoms with E-state index in [1.54, 1.807) is 0 Å². The molecule has 0 aliphatic rings. The molecule has 2 nitrogen and oxygen atoms in total. The molecule has 2 heteroatoms. The molecule has 0 aromatic heterocycles. The molecule has 0 saturated heterocycles. The molecular formula is C12H22O2. The summed E-state index contributed by atoms with van der Waals surface area (Å²) in [7, 11) is 1.44. The van der Waals surface area contributed by atoms with Crippen LogP contribution < -0.4 is 0 Å². The van der Waals surface area contributed by atoms with Crippen LogP contribution in [0.3, 0.4) is 0 Å². The van der Waals surface area contributed by atoms with E-state index in [2.05, 4.69) is 30.7 Å². The summed E-state index contributed by atoms with van der Waals surface area (Å²) in [6, 6.07) is 0. The molecule has 82 valence electrons. The quantitative estimate of drug-likeness (QED) is 0.356. The minimum atomic E-state index is -0.0947. The summed E-state index contributed by atoms with van der Waals surface area (Å²) in [5, 5.41) is 0. The van der Waals surface area contributed by atoms with Gasteiger partial charge in [-0.15, -0.1) is 0 Å². The van der Waals surface area contributed by atoms with Gasteiger partial charge in [-0.2, -0.15) is 0 Å². The second-order valence-electron chi connectivity index (χ2n) is 3.85. The summed E-state index contributed by atoms with van der Waals surface area (Å²) in [6.07, 6.45) is 9.35. The normalized spacial score (nSPS) is 11.1. The fraction of sp³-hybridized carbons (Fsp3) is 0.750. The highest BCUT2D eigenvalue weighted by atomic mass is 16.5. The van der Waals surface area contributed by atoms with Crippen molar-refractivity contribution in [1.29, 1.82) is 0 Å². The van der Waals surface area contributed by atoms with Gasteiger partial charge in [0, 0.05) is 6.42 Å². The van der Waals surface area contributed by atoms with Gasteiger partial charge in [0.1, 0.15) is 0 Å². The van der Waals surface area contributed by atoms with Crippen molar-refractivity contribution in [3.63, 3.8) is 0 Å². The highest BCUT2D eigenvalue weighted by molar-refractivity contribution is 5.68. The SMILES string of the molecule is COC(=O)CCCCCC=CC(C)C. The number of ether oxygens (including phenoxy) is 1. The molecule has 0 radical (unpaired) electrons. The molecular weight excluding hydrogens is 176 g/mol. The Hall–Kier alpha value is -0.790. The van der Waals surface area contributed by atoms with Gasteiger partial charge in [-0.1, -0.05) is 32.4 Å². The number of carbonyl (C=O) groups excluding carboxylic acids is 1. The van der Waals surface area contributed by atoms with Crippen molar-refractivity contribution in [3.05, 3.63) is 12.2 Å². The second-order valence-corrected chi connectivity index (χ2v) is 3.85. The lowest BCUT2D eigenvalue weighted by Gasteiger charge is -1.98. The molecule has 0 bridgehead atoms. The van der Waals surface area contributed by atoms with Gasteiger partial charge in [0.25, 0.3) is 0 Å². The number of rotatable bonds is 7. The first-order valence-corrected chi connectivity index (χ1v) is 5.40. The highest BCUT2D eigenvalue weighted by Crippen LogP contribution is 2.05. The predicted octanol–water partition coefficient (Wildman–Crippen LogP) is 3.32. The number of methoxy groups -OCH3 is 1. The van der Waals surface area contributed by atoms with Crippen LogP contribution in [0, 0.1) is 5.92 Å². The maximum Gasteiger partial charge on any atom is 0.305 e. The molecule has 0 heterocycles. The van der Waals surface area contributed by atoms with E-state index in [9.17, 15) is 4.79 Å². The largest absolute Gasteiger partial charge is 0.469 e. The molecule has 14 heavy (non-hydrogen) atoms. The first-order valence-electron chi connectivity index (χ1n) is 5.40. The average molecular weight is 198 g/mol. The van der Waals surface area contributed by atoms with Gasteiger partial charge >= 0.3 is 5.97 Å². The molecule has 0 saturated carbocycles. The fourth-order valence-corrected chi connectivity index (χ4v) is 1.18. The van der Waals surface area contributed by atoms with E-state index in [4.69, 9.17) is 0 Å². The summed E-state index contributed by atoms with van der Waals surface area (Å²) in [4.78, 5) is 10.8. The van der Waals surface area contributed by atoms with Crippen LogP contribution in [-0.4, -0.2) is 13.1 Å². The van der Waals surface area contributed by atoms with Crippen molar-refractivity contribution in [2.45, 2.75) is 46.0 Å². The zero-order valence-electron chi connectivity index (χ0n) is 9.58. The van der Waals surface area contributed by atoms with E-state index in [0.29, 0.717) is 12.3 Å². The third-order valence-electron chi connectivity index (χ3n) is 2.00. The van der Waals surface area contributed by atoms with Crippen molar-refractivity contribution >= 4 is 5.97 Å². The van der Waals surface area contributed by atoms with Crippen molar-refractivity contribution in [2.24, 2.45) is 5.92 Å². The number of hydrogen-bond acceptors (Lipinski definition) is 2. The number of unbranched alkanes of at least 4 members (excludes halogenated alkanes) is 3. The molecule has 0 N–H and O–H groups in total. The molecule has 0 aliphatic carbocycles. The Kier molecular flexibility index (Phi) is 8.30. The monoisotopic (exact) mass is 198 g/mol. The summed E-state index contributed by atoms with van der Waals surface area (Å²) in [6.45, 7) is 4.35. The number of hydrogen-bond donors (Lipinski definition) is 0. The van der Waals surface area contributed by atoms with Crippen LogP contribution >= 0.6 is 0 Å². The lowest BCUT2D eigenvalue weighted by Crippen LogP contribution is -1.98. The van der Waals surface area contributed by atoms with Crippen LogP contribution in [0.2, 0.25) is 0 Å². The molecule has 0 atom stereocenters. The van der Waals surface area contributed by atoms with E-state index in [1.807, 2.05) is 0 Å². The van der Waals surface area contributed by atoms with Crippen molar-refractivity contribution in [3.8, 4) is 0 Å². The number of carbonyl (C=O) groups is 1. The Morgan fingerprint density at radius 3 is 2.57 bits per heavy atom. The Balaban J connectivity index is 3.18. The van der Waals surface area contributed by atoms with Gasteiger partial charge in [-0.05, 0) is 25.2 Å². The van der Waals surface area contributed by atoms with Crippen LogP contribution in [0.1, 0.15) is 46.0 Å². The van der Waals surface area contributed by atoms with E-state index in [-0.39, 0.29) is 5.97 Å². The fourth-order valence-electron chi connectivity index (χ4n) is 1.18. The maximum absolute atomic E-state index is 10.8. The van der Waals surface area contributed by atoms with E-state index >= 15 is 0 Å². The van der Waals surface area contributed by atoms with Gasteiger partial charge in [-0.3, -0.25) is 4.79 Å². The van der Waals surface area contributed by atoms with Crippen LogP contribution in [0.5, 0.6) is 0 Å². The Morgan fingerprint density at radius 2 is 2.00 bits per heavy atom. The average Bonchev–Trinajstić information content (AvgIpc) is 2.15. The minimum Gasteiger partial charge on any atom is -0.469 e. The molecule has 0 spiro atoms. The Labute approximate surface area is 87.3 Å². The summed E-state index contributed by atoms with van der Waals surface area (Å²) < 4.78 is 4.56. The van der Waals surface area contributed by atoms with Crippen LogP contribution in [-0.2, 0) is 9.53 Å². The zero-order chi connectivity index (χ0) is 10.8. The molecule has 0 aromatic carbocycles. The smallest absolute Gasteiger partial charge is 0.305 e. The van der Waals surface area contributed by atoms with Gasteiger partial charge in [-0.25, -0.2) is 0 Å². The zero-order valence-corrected chi connectivity index (χ0v) is 9.58. The second kappa shape index (κ2) is 8.79. The van der Waals surface area contributed by atoms with Gasteiger partial charge < -0.3 is 4.74 Å².